The molecule has 4 aromatic rings. The highest BCUT2D eigenvalue weighted by atomic mass is 14.4. The summed E-state index contributed by atoms with van der Waals surface area (Å²) in [6.45, 7) is 15.5. The molecule has 0 aliphatic heterocycles. The van der Waals surface area contributed by atoms with Gasteiger partial charge in [0.2, 0.25) is 0 Å². The Kier molecular flexibility index (Phi) is 5.28. The zero-order valence-electron chi connectivity index (χ0n) is 22.5. The van der Waals surface area contributed by atoms with E-state index in [1.807, 2.05) is 6.08 Å². The Bertz CT molecular complexity index is 1620. The Balaban J connectivity index is 1.50. The fraction of sp³-hybridized carbons (Fsp3) is 0.189. The van der Waals surface area contributed by atoms with E-state index in [4.69, 9.17) is 0 Å². The van der Waals surface area contributed by atoms with Gasteiger partial charge in [-0.2, -0.15) is 0 Å². The van der Waals surface area contributed by atoms with Gasteiger partial charge in [-0.05, 0) is 98.0 Å². The van der Waals surface area contributed by atoms with Crippen LogP contribution >= 0.6 is 0 Å². The van der Waals surface area contributed by atoms with Crippen molar-refractivity contribution in [2.24, 2.45) is 0 Å². The van der Waals surface area contributed by atoms with Crippen LogP contribution in [0.1, 0.15) is 62.4 Å². The molecule has 0 N–H and O–H groups in total. The van der Waals surface area contributed by atoms with Crippen molar-refractivity contribution in [3.8, 4) is 33.4 Å². The minimum absolute atomic E-state index is 0.0525. The average molecular weight is 479 g/mol. The molecule has 6 rings (SSSR count). The van der Waals surface area contributed by atoms with Gasteiger partial charge in [-0.3, -0.25) is 0 Å². The Labute approximate surface area is 221 Å². The average Bonchev–Trinajstić information content (AvgIpc) is 3.27. The number of fused-ring (bicyclic) bond motifs is 6. The molecule has 0 saturated carbocycles. The van der Waals surface area contributed by atoms with E-state index in [1.165, 1.54) is 66.8 Å². The van der Waals surface area contributed by atoms with Gasteiger partial charge in [-0.1, -0.05) is 113 Å². The third kappa shape index (κ3) is 3.43. The summed E-state index contributed by atoms with van der Waals surface area (Å²) in [7, 11) is 0. The predicted molar refractivity (Wildman–Crippen MR) is 160 cm³/mol. The SMILES string of the molecule is C=C/C=C(\C=C/C)c1ccc2c(c1)C(C)(C)c1cc3c(cc1-2)C(C)(C)c1cc(-c2ccccc2)ccc1-3. The standard InChI is InChI=1S/C37H34/c1-7-12-24(13-8-2)26-16-18-28-30-22-35-31(23-34(30)36(3,4)32(28)20-26)29-19-17-27(21-33(29)37(35,5)6)25-14-10-9-11-15-25/h7-23H,1H2,2-6H3/b13-8-,24-12+. The molecule has 0 fully saturated rings. The lowest BCUT2D eigenvalue weighted by atomic mass is 9.79. The van der Waals surface area contributed by atoms with Crippen molar-refractivity contribution < 1.29 is 0 Å². The van der Waals surface area contributed by atoms with Crippen molar-refractivity contribution in [2.45, 2.75) is 45.4 Å². The van der Waals surface area contributed by atoms with E-state index in [2.05, 4.69) is 138 Å². The molecule has 0 bridgehead atoms. The molecule has 2 aliphatic carbocycles. The fourth-order valence-electron chi connectivity index (χ4n) is 6.51. The molecule has 0 unspecified atom stereocenters. The first-order valence-corrected chi connectivity index (χ1v) is 13.3. The molecule has 0 atom stereocenters. The number of hydrogen-bond donors (Lipinski definition) is 0. The van der Waals surface area contributed by atoms with Crippen LogP contribution in [0.5, 0.6) is 0 Å². The molecule has 0 amide bonds. The highest BCUT2D eigenvalue weighted by molar-refractivity contribution is 5.91. The first-order valence-electron chi connectivity index (χ1n) is 13.3. The van der Waals surface area contributed by atoms with Crippen LogP contribution in [0, 0.1) is 0 Å². The third-order valence-electron chi connectivity index (χ3n) is 8.55. The molecule has 4 aromatic carbocycles. The molecular weight excluding hydrogens is 444 g/mol. The molecule has 37 heavy (non-hydrogen) atoms. The molecule has 0 nitrogen and oxygen atoms in total. The van der Waals surface area contributed by atoms with Crippen molar-refractivity contribution in [1.29, 1.82) is 0 Å². The number of rotatable bonds is 4. The Morgan fingerprint density at radius 3 is 1.78 bits per heavy atom. The summed E-state index contributed by atoms with van der Waals surface area (Å²) in [6, 6.07) is 29.7. The van der Waals surface area contributed by atoms with Crippen LogP contribution in [0.2, 0.25) is 0 Å². The topological polar surface area (TPSA) is 0 Å². The van der Waals surface area contributed by atoms with Crippen LogP contribution in [-0.4, -0.2) is 0 Å². The second-order valence-corrected chi connectivity index (χ2v) is 11.4. The maximum Gasteiger partial charge on any atom is 0.0159 e. The quantitative estimate of drug-likeness (QED) is 0.256. The molecule has 182 valence electrons. The molecule has 0 radical (unpaired) electrons. The van der Waals surface area contributed by atoms with Crippen LogP contribution in [0.15, 0.2) is 110 Å². The van der Waals surface area contributed by atoms with Crippen LogP contribution < -0.4 is 0 Å². The van der Waals surface area contributed by atoms with Crippen molar-refractivity contribution >= 4 is 5.57 Å². The monoisotopic (exact) mass is 478 g/mol. The summed E-state index contributed by atoms with van der Waals surface area (Å²) >= 11 is 0. The zero-order valence-corrected chi connectivity index (χ0v) is 22.5. The number of benzene rings is 4. The molecule has 0 aromatic heterocycles. The van der Waals surface area contributed by atoms with Crippen molar-refractivity contribution in [3.63, 3.8) is 0 Å². The summed E-state index contributed by atoms with van der Waals surface area (Å²) in [5.74, 6) is 0. The second kappa shape index (κ2) is 8.32. The summed E-state index contributed by atoms with van der Waals surface area (Å²) in [5, 5.41) is 0. The van der Waals surface area contributed by atoms with Crippen molar-refractivity contribution in [2.75, 3.05) is 0 Å². The maximum absolute atomic E-state index is 3.92. The van der Waals surface area contributed by atoms with Gasteiger partial charge in [0.15, 0.2) is 0 Å². The maximum atomic E-state index is 3.92. The number of allylic oxidation sites excluding steroid dienone is 5. The van der Waals surface area contributed by atoms with Crippen LogP contribution in [0.3, 0.4) is 0 Å². The summed E-state index contributed by atoms with van der Waals surface area (Å²) in [5.41, 5.74) is 16.1. The van der Waals surface area contributed by atoms with E-state index in [-0.39, 0.29) is 10.8 Å². The van der Waals surface area contributed by atoms with E-state index < -0.39 is 0 Å². The van der Waals surface area contributed by atoms with Gasteiger partial charge < -0.3 is 0 Å². The van der Waals surface area contributed by atoms with E-state index in [9.17, 15) is 0 Å². The lowest BCUT2D eigenvalue weighted by molar-refractivity contribution is 0.652. The third-order valence-corrected chi connectivity index (χ3v) is 8.55. The predicted octanol–water partition coefficient (Wildman–Crippen LogP) is 10.1. The number of hydrogen-bond acceptors (Lipinski definition) is 0. The smallest absolute Gasteiger partial charge is 0.0159 e. The van der Waals surface area contributed by atoms with Crippen LogP contribution in [0.4, 0.5) is 0 Å². The first-order chi connectivity index (χ1) is 17.8. The molecule has 0 heteroatoms. The van der Waals surface area contributed by atoms with E-state index in [0.29, 0.717) is 0 Å². The highest BCUT2D eigenvalue weighted by Gasteiger charge is 2.41. The van der Waals surface area contributed by atoms with Crippen molar-refractivity contribution in [3.05, 3.63) is 138 Å². The van der Waals surface area contributed by atoms with Crippen molar-refractivity contribution in [1.82, 2.24) is 0 Å². The fourth-order valence-corrected chi connectivity index (χ4v) is 6.51. The van der Waals surface area contributed by atoms with Gasteiger partial charge >= 0.3 is 0 Å². The summed E-state index contributed by atoms with van der Waals surface area (Å²) < 4.78 is 0. The molecule has 0 heterocycles. The van der Waals surface area contributed by atoms with Gasteiger partial charge in [0.1, 0.15) is 0 Å². The molecule has 2 aliphatic rings. The summed E-state index contributed by atoms with van der Waals surface area (Å²) in [6.07, 6.45) is 8.22. The van der Waals surface area contributed by atoms with Gasteiger partial charge in [-0.25, -0.2) is 0 Å². The Morgan fingerprint density at radius 2 is 1.19 bits per heavy atom. The minimum atomic E-state index is -0.0677. The van der Waals surface area contributed by atoms with Crippen LogP contribution in [0.25, 0.3) is 39.0 Å². The van der Waals surface area contributed by atoms with E-state index >= 15 is 0 Å². The molecule has 0 saturated heterocycles. The van der Waals surface area contributed by atoms with Crippen LogP contribution in [-0.2, 0) is 10.8 Å². The first kappa shape index (κ1) is 23.5. The van der Waals surface area contributed by atoms with Gasteiger partial charge in [0, 0.05) is 10.8 Å². The lowest BCUT2D eigenvalue weighted by Gasteiger charge is -2.24. The van der Waals surface area contributed by atoms with E-state index in [1.54, 1.807) is 0 Å². The summed E-state index contributed by atoms with van der Waals surface area (Å²) in [4.78, 5) is 0. The minimum Gasteiger partial charge on any atom is -0.0990 e. The molecular formula is C37H34. The Hall–Kier alpha value is -3.90. The normalized spacial score (nSPS) is 16.3. The van der Waals surface area contributed by atoms with Gasteiger partial charge in [0.05, 0.1) is 0 Å². The molecule has 0 spiro atoms. The highest BCUT2D eigenvalue weighted by Crippen LogP contribution is 2.56. The lowest BCUT2D eigenvalue weighted by Crippen LogP contribution is -2.17. The Morgan fingerprint density at radius 1 is 0.622 bits per heavy atom. The van der Waals surface area contributed by atoms with Gasteiger partial charge in [-0.15, -0.1) is 0 Å². The van der Waals surface area contributed by atoms with Gasteiger partial charge in [0.25, 0.3) is 0 Å². The largest absolute Gasteiger partial charge is 0.0990 e. The zero-order chi connectivity index (χ0) is 25.9. The van der Waals surface area contributed by atoms with E-state index in [0.717, 1.165) is 0 Å². The second-order valence-electron chi connectivity index (χ2n) is 11.4.